The van der Waals surface area contributed by atoms with E-state index in [1.807, 2.05) is 35.2 Å². The van der Waals surface area contributed by atoms with Crippen LogP contribution in [-0.4, -0.2) is 65.9 Å². The fourth-order valence-corrected chi connectivity index (χ4v) is 5.10. The third kappa shape index (κ3) is 4.89. The summed E-state index contributed by atoms with van der Waals surface area (Å²) in [5, 5.41) is 13.3. The minimum Gasteiger partial charge on any atom is -0.492 e. The van der Waals surface area contributed by atoms with Crippen LogP contribution in [0.2, 0.25) is 0 Å². The Morgan fingerprint density at radius 3 is 2.65 bits per heavy atom. The third-order valence-corrected chi connectivity index (χ3v) is 7.22. The second-order valence-electron chi connectivity index (χ2n) is 8.70. The first-order valence-corrected chi connectivity index (χ1v) is 12.2. The highest BCUT2D eigenvalue weighted by atomic mass is 32.1. The van der Waals surface area contributed by atoms with Crippen LogP contribution in [0.1, 0.15) is 24.3 Å². The highest BCUT2D eigenvalue weighted by Crippen LogP contribution is 2.44. The molecule has 9 nitrogen and oxygen atoms in total. The van der Waals surface area contributed by atoms with Crippen molar-refractivity contribution in [2.75, 3.05) is 32.8 Å². The van der Waals surface area contributed by atoms with Gasteiger partial charge in [0.15, 0.2) is 10.5 Å². The molecule has 10 heteroatoms. The number of hydrogen-bond donors (Lipinski definition) is 2. The molecule has 3 N–H and O–H groups in total. The van der Waals surface area contributed by atoms with Gasteiger partial charge in [-0.3, -0.25) is 14.5 Å². The van der Waals surface area contributed by atoms with Crippen LogP contribution in [0.4, 0.5) is 0 Å². The molecule has 178 valence electrons. The summed E-state index contributed by atoms with van der Waals surface area (Å²) in [7, 11) is 0. The minimum absolute atomic E-state index is 0.0896. The number of amides is 2. The lowest BCUT2D eigenvalue weighted by Gasteiger charge is -2.37. The maximum atomic E-state index is 13.3. The first-order chi connectivity index (χ1) is 16.5. The van der Waals surface area contributed by atoms with Crippen LogP contribution in [0, 0.1) is 0 Å². The molecular formula is C24H27N5O4S. The van der Waals surface area contributed by atoms with Crippen LogP contribution in [0.25, 0.3) is 10.6 Å². The number of nitrogens with zero attached hydrogens (tertiary/aromatic N) is 3. The SMILES string of the molecule is NC(=O)C1=CC=C(OC2CC2)C(NC(=O)CN2CCOCC2)(c2nnc(-c3ccccc3)s2)C1. The standard InChI is InChI=1S/C24H27N5O4S/c25-21(31)17-6-9-19(33-18-7-8-18)24(14-17,26-20(30)15-29-10-12-32-13-11-29)23-28-27-22(34-23)16-4-2-1-3-5-16/h1-6,9,18H,7-8,10-15H2,(H2,25,31)(H,26,30). The zero-order valence-corrected chi connectivity index (χ0v) is 19.6. The Hall–Kier alpha value is -3.08. The molecule has 5 rings (SSSR count). The van der Waals surface area contributed by atoms with Crippen LogP contribution in [0.3, 0.4) is 0 Å². The van der Waals surface area contributed by atoms with E-state index in [1.54, 1.807) is 12.2 Å². The quantitative estimate of drug-likeness (QED) is 0.589. The summed E-state index contributed by atoms with van der Waals surface area (Å²) in [5.41, 5.74) is 5.82. The van der Waals surface area contributed by atoms with E-state index in [0.29, 0.717) is 42.6 Å². The van der Waals surface area contributed by atoms with Gasteiger partial charge in [0.25, 0.3) is 0 Å². The van der Waals surface area contributed by atoms with Gasteiger partial charge in [-0.25, -0.2) is 0 Å². The highest BCUT2D eigenvalue weighted by molar-refractivity contribution is 7.14. The number of primary amides is 1. The zero-order valence-electron chi connectivity index (χ0n) is 18.7. The molecule has 1 saturated heterocycles. The van der Waals surface area contributed by atoms with Crippen molar-refractivity contribution in [2.45, 2.75) is 30.9 Å². The normalized spacial score (nSPS) is 23.1. The molecule has 2 heterocycles. The first kappa shape index (κ1) is 22.7. The maximum absolute atomic E-state index is 13.3. The fourth-order valence-electron chi connectivity index (χ4n) is 4.10. The summed E-state index contributed by atoms with van der Waals surface area (Å²) < 4.78 is 11.7. The van der Waals surface area contributed by atoms with Crippen molar-refractivity contribution in [3.8, 4) is 10.6 Å². The molecule has 0 bridgehead atoms. The number of ether oxygens (including phenoxy) is 2. The lowest BCUT2D eigenvalue weighted by molar-refractivity contribution is -0.126. The van der Waals surface area contributed by atoms with E-state index in [4.69, 9.17) is 15.2 Å². The van der Waals surface area contributed by atoms with Crippen LogP contribution < -0.4 is 11.1 Å². The molecule has 2 aromatic rings. The van der Waals surface area contributed by atoms with Gasteiger partial charge in [-0.2, -0.15) is 0 Å². The van der Waals surface area contributed by atoms with Crippen molar-refractivity contribution in [1.82, 2.24) is 20.4 Å². The predicted molar refractivity (Wildman–Crippen MR) is 127 cm³/mol. The second-order valence-corrected chi connectivity index (χ2v) is 9.68. The van der Waals surface area contributed by atoms with Gasteiger partial charge in [0.2, 0.25) is 11.8 Å². The van der Waals surface area contributed by atoms with Gasteiger partial charge < -0.3 is 20.5 Å². The molecule has 1 aliphatic heterocycles. The average molecular weight is 482 g/mol. The molecule has 1 saturated carbocycles. The molecule has 1 unspecified atom stereocenters. The number of nitrogens with one attached hydrogen (secondary N) is 1. The van der Waals surface area contributed by atoms with E-state index >= 15 is 0 Å². The second kappa shape index (κ2) is 9.65. The number of benzene rings is 1. The van der Waals surface area contributed by atoms with E-state index in [-0.39, 0.29) is 25.0 Å². The molecule has 2 aliphatic carbocycles. The van der Waals surface area contributed by atoms with Crippen molar-refractivity contribution < 1.29 is 19.1 Å². The molecule has 2 fully saturated rings. The van der Waals surface area contributed by atoms with Gasteiger partial charge in [0.05, 0.1) is 25.9 Å². The Kier molecular flexibility index (Phi) is 6.44. The van der Waals surface area contributed by atoms with Gasteiger partial charge >= 0.3 is 0 Å². The third-order valence-electron chi connectivity index (χ3n) is 6.08. The Labute approximate surface area is 201 Å². The molecule has 2 amide bonds. The van der Waals surface area contributed by atoms with Crippen molar-refractivity contribution in [3.05, 3.63) is 58.8 Å². The summed E-state index contributed by atoms with van der Waals surface area (Å²) in [4.78, 5) is 27.5. The van der Waals surface area contributed by atoms with Gasteiger partial charge in [0.1, 0.15) is 10.8 Å². The van der Waals surface area contributed by atoms with Crippen LogP contribution in [0.15, 0.2) is 53.8 Å². The van der Waals surface area contributed by atoms with Gasteiger partial charge in [-0.15, -0.1) is 10.2 Å². The number of allylic oxidation sites excluding steroid dienone is 2. The first-order valence-electron chi connectivity index (χ1n) is 11.4. The molecular weight excluding hydrogens is 454 g/mol. The average Bonchev–Trinajstić information content (AvgIpc) is 3.52. The van der Waals surface area contributed by atoms with Crippen LogP contribution >= 0.6 is 11.3 Å². The number of hydrogen-bond acceptors (Lipinski definition) is 8. The number of rotatable bonds is 8. The summed E-state index contributed by atoms with van der Waals surface area (Å²) in [6, 6.07) is 9.73. The highest BCUT2D eigenvalue weighted by Gasteiger charge is 2.47. The summed E-state index contributed by atoms with van der Waals surface area (Å²) in [6.45, 7) is 2.78. The number of carbonyl (C=O) groups is 2. The molecule has 3 aliphatic rings. The Morgan fingerprint density at radius 2 is 1.94 bits per heavy atom. The van der Waals surface area contributed by atoms with Crippen LogP contribution in [-0.2, 0) is 24.6 Å². The number of aromatic nitrogens is 2. The lowest BCUT2D eigenvalue weighted by atomic mass is 9.84. The smallest absolute Gasteiger partial charge is 0.244 e. The fraction of sp³-hybridized carbons (Fsp3) is 0.417. The van der Waals surface area contributed by atoms with Crippen molar-refractivity contribution in [2.24, 2.45) is 5.73 Å². The number of morpholine rings is 1. The monoisotopic (exact) mass is 481 g/mol. The minimum atomic E-state index is -1.16. The van der Waals surface area contributed by atoms with E-state index in [0.717, 1.165) is 23.4 Å². The number of nitrogens with two attached hydrogens (primary N) is 1. The summed E-state index contributed by atoms with van der Waals surface area (Å²) in [5.74, 6) is -0.165. The van der Waals surface area contributed by atoms with Gasteiger partial charge in [-0.05, 0) is 18.9 Å². The zero-order chi connectivity index (χ0) is 23.5. The molecule has 1 aromatic carbocycles. The molecule has 1 atom stereocenters. The molecule has 0 spiro atoms. The Morgan fingerprint density at radius 1 is 1.18 bits per heavy atom. The van der Waals surface area contributed by atoms with Gasteiger partial charge in [0, 0.05) is 30.6 Å². The van der Waals surface area contributed by atoms with Crippen molar-refractivity contribution in [3.63, 3.8) is 0 Å². The largest absolute Gasteiger partial charge is 0.492 e. The maximum Gasteiger partial charge on any atom is 0.244 e. The van der Waals surface area contributed by atoms with E-state index < -0.39 is 11.4 Å². The van der Waals surface area contributed by atoms with E-state index in [1.165, 1.54) is 11.3 Å². The van der Waals surface area contributed by atoms with Gasteiger partial charge in [-0.1, -0.05) is 47.7 Å². The number of carbonyl (C=O) groups excluding carboxylic acids is 2. The summed E-state index contributed by atoms with van der Waals surface area (Å²) >= 11 is 1.37. The molecule has 1 aromatic heterocycles. The Bertz CT molecular complexity index is 1120. The van der Waals surface area contributed by atoms with Crippen molar-refractivity contribution >= 4 is 23.2 Å². The Balaban J connectivity index is 1.51. The molecule has 0 radical (unpaired) electrons. The van der Waals surface area contributed by atoms with E-state index in [9.17, 15) is 9.59 Å². The topological polar surface area (TPSA) is 120 Å². The van der Waals surface area contributed by atoms with Crippen molar-refractivity contribution in [1.29, 1.82) is 0 Å². The van der Waals surface area contributed by atoms with E-state index in [2.05, 4.69) is 15.5 Å². The summed E-state index contributed by atoms with van der Waals surface area (Å²) in [6.07, 6.45) is 5.55. The lowest BCUT2D eigenvalue weighted by Crippen LogP contribution is -2.53. The molecule has 34 heavy (non-hydrogen) atoms. The van der Waals surface area contributed by atoms with Crippen LogP contribution in [0.5, 0.6) is 0 Å². The predicted octanol–water partition coefficient (Wildman–Crippen LogP) is 1.73.